The van der Waals surface area contributed by atoms with Gasteiger partial charge in [0.2, 0.25) is 5.78 Å². The van der Waals surface area contributed by atoms with Gasteiger partial charge >= 0.3 is 5.97 Å². The number of aryl methyl sites for hydroxylation is 1. The average Bonchev–Trinajstić information content (AvgIpc) is 2.39. The Morgan fingerprint density at radius 1 is 1.48 bits per heavy atom. The Morgan fingerprint density at radius 2 is 2.10 bits per heavy atom. The highest BCUT2D eigenvalue weighted by molar-refractivity contribution is 6.30. The first kappa shape index (κ1) is 17.1. The van der Waals surface area contributed by atoms with Crippen LogP contribution in [-0.4, -0.2) is 42.3 Å². The van der Waals surface area contributed by atoms with Crippen LogP contribution in [0.15, 0.2) is 17.8 Å². The van der Waals surface area contributed by atoms with Crippen molar-refractivity contribution < 1.29 is 18.7 Å². The Kier molecular flexibility index (Phi) is 5.84. The fourth-order valence-corrected chi connectivity index (χ4v) is 1.78. The van der Waals surface area contributed by atoms with Gasteiger partial charge in [0, 0.05) is 25.9 Å². The second-order valence-corrected chi connectivity index (χ2v) is 4.81. The number of Topliss-reactive ketones (excluding diaryl/α,β-unsaturated/α-hetero) is 1. The molecule has 0 atom stereocenters. The third kappa shape index (κ3) is 4.26. The third-order valence-corrected chi connectivity index (χ3v) is 2.76. The molecule has 1 aromatic heterocycles. The molecule has 0 aliphatic heterocycles. The molecule has 0 spiro atoms. The van der Waals surface area contributed by atoms with Gasteiger partial charge in [-0.15, -0.1) is 0 Å². The number of ketones is 1. The van der Waals surface area contributed by atoms with E-state index in [1.165, 1.54) is 18.0 Å². The van der Waals surface area contributed by atoms with Gasteiger partial charge < -0.3 is 9.64 Å². The second-order valence-electron chi connectivity index (χ2n) is 4.45. The SMILES string of the molecule is CCOC(=O)/C(=C\N(C)C)C(=O)c1cc(F)c(Cl)nc1C. The highest BCUT2D eigenvalue weighted by Gasteiger charge is 2.24. The van der Waals surface area contributed by atoms with Crippen LogP contribution in [0.3, 0.4) is 0 Å². The molecule has 0 saturated carbocycles. The van der Waals surface area contributed by atoms with Crippen molar-refractivity contribution in [2.24, 2.45) is 0 Å². The number of rotatable bonds is 5. The maximum atomic E-state index is 13.5. The molecule has 1 rings (SSSR count). The number of pyridine rings is 1. The Morgan fingerprint density at radius 3 is 2.62 bits per heavy atom. The molecule has 1 aromatic rings. The Balaban J connectivity index is 3.30. The van der Waals surface area contributed by atoms with Crippen molar-refractivity contribution >= 4 is 23.4 Å². The number of esters is 1. The zero-order chi connectivity index (χ0) is 16.2. The topological polar surface area (TPSA) is 59.5 Å². The summed E-state index contributed by atoms with van der Waals surface area (Å²) < 4.78 is 18.3. The summed E-state index contributed by atoms with van der Waals surface area (Å²) in [6.07, 6.45) is 1.33. The summed E-state index contributed by atoms with van der Waals surface area (Å²) in [5, 5.41) is -0.321. The summed E-state index contributed by atoms with van der Waals surface area (Å²) in [6.45, 7) is 3.27. The molecule has 0 saturated heterocycles. The normalized spacial score (nSPS) is 11.2. The van der Waals surface area contributed by atoms with E-state index < -0.39 is 17.6 Å². The van der Waals surface area contributed by atoms with Gasteiger partial charge in [-0.2, -0.15) is 0 Å². The van der Waals surface area contributed by atoms with E-state index in [-0.39, 0.29) is 28.6 Å². The van der Waals surface area contributed by atoms with Crippen molar-refractivity contribution in [3.8, 4) is 0 Å². The highest BCUT2D eigenvalue weighted by atomic mass is 35.5. The molecule has 5 nitrogen and oxygen atoms in total. The lowest BCUT2D eigenvalue weighted by atomic mass is 10.0. The van der Waals surface area contributed by atoms with E-state index in [1.54, 1.807) is 21.0 Å². The highest BCUT2D eigenvalue weighted by Crippen LogP contribution is 2.19. The largest absolute Gasteiger partial charge is 0.462 e. The molecular formula is C14H16ClFN2O3. The summed E-state index contributed by atoms with van der Waals surface area (Å²) in [5.74, 6) is -2.26. The maximum Gasteiger partial charge on any atom is 0.343 e. The van der Waals surface area contributed by atoms with Crippen molar-refractivity contribution in [1.82, 2.24) is 9.88 Å². The van der Waals surface area contributed by atoms with Crippen LogP contribution >= 0.6 is 11.6 Å². The number of aromatic nitrogens is 1. The van der Waals surface area contributed by atoms with Gasteiger partial charge in [0.25, 0.3) is 0 Å². The lowest BCUT2D eigenvalue weighted by molar-refractivity contribution is -0.138. The first-order valence-corrected chi connectivity index (χ1v) is 6.58. The monoisotopic (exact) mass is 314 g/mol. The minimum absolute atomic E-state index is 0.0296. The van der Waals surface area contributed by atoms with E-state index in [0.717, 1.165) is 6.07 Å². The number of halogens is 2. The quantitative estimate of drug-likeness (QED) is 0.208. The van der Waals surface area contributed by atoms with Crippen LogP contribution in [0.25, 0.3) is 0 Å². The van der Waals surface area contributed by atoms with Crippen molar-refractivity contribution in [3.05, 3.63) is 40.1 Å². The van der Waals surface area contributed by atoms with Gasteiger partial charge in [0.15, 0.2) is 11.0 Å². The number of carbonyl (C=O) groups excluding carboxylic acids is 2. The molecule has 21 heavy (non-hydrogen) atoms. The Bertz CT molecular complexity index is 600. The van der Waals surface area contributed by atoms with Crippen molar-refractivity contribution in [1.29, 1.82) is 0 Å². The average molecular weight is 315 g/mol. The van der Waals surface area contributed by atoms with Gasteiger partial charge in [0.1, 0.15) is 5.57 Å². The molecule has 0 bridgehead atoms. The molecule has 7 heteroatoms. The van der Waals surface area contributed by atoms with E-state index in [9.17, 15) is 14.0 Å². The molecule has 1 heterocycles. The van der Waals surface area contributed by atoms with Crippen LogP contribution in [0.2, 0.25) is 5.15 Å². The van der Waals surface area contributed by atoms with E-state index in [2.05, 4.69) is 4.98 Å². The van der Waals surface area contributed by atoms with Gasteiger partial charge in [0.05, 0.1) is 12.3 Å². The van der Waals surface area contributed by atoms with Crippen LogP contribution in [0.5, 0.6) is 0 Å². The van der Waals surface area contributed by atoms with Gasteiger partial charge in [-0.05, 0) is 19.9 Å². The van der Waals surface area contributed by atoms with E-state index in [0.29, 0.717) is 0 Å². The molecular weight excluding hydrogens is 299 g/mol. The molecule has 0 aliphatic carbocycles. The maximum absolute atomic E-state index is 13.5. The number of ether oxygens (including phenoxy) is 1. The first-order chi connectivity index (χ1) is 9.77. The molecule has 0 amide bonds. The van der Waals surface area contributed by atoms with Crippen LogP contribution < -0.4 is 0 Å². The summed E-state index contributed by atoms with van der Waals surface area (Å²) in [7, 11) is 3.31. The number of nitrogens with zero attached hydrogens (tertiary/aromatic N) is 2. The predicted molar refractivity (Wildman–Crippen MR) is 76.7 cm³/mol. The zero-order valence-electron chi connectivity index (χ0n) is 12.2. The summed E-state index contributed by atoms with van der Waals surface area (Å²) in [5.41, 5.74) is 0.00637. The first-order valence-electron chi connectivity index (χ1n) is 6.20. The zero-order valence-corrected chi connectivity index (χ0v) is 13.0. The summed E-state index contributed by atoms with van der Waals surface area (Å²) in [6, 6.07) is 0.968. The van der Waals surface area contributed by atoms with Gasteiger partial charge in [-0.3, -0.25) is 4.79 Å². The fourth-order valence-electron chi connectivity index (χ4n) is 1.60. The smallest absolute Gasteiger partial charge is 0.343 e. The van der Waals surface area contributed by atoms with E-state index in [4.69, 9.17) is 16.3 Å². The molecule has 114 valence electrons. The minimum atomic E-state index is -0.821. The van der Waals surface area contributed by atoms with Crippen molar-refractivity contribution in [2.45, 2.75) is 13.8 Å². The van der Waals surface area contributed by atoms with E-state index in [1.807, 2.05) is 0 Å². The fraction of sp³-hybridized carbons (Fsp3) is 0.357. The lowest BCUT2D eigenvalue weighted by Crippen LogP contribution is -2.20. The minimum Gasteiger partial charge on any atom is -0.462 e. The predicted octanol–water partition coefficient (Wildman–Crippen LogP) is 2.37. The summed E-state index contributed by atoms with van der Waals surface area (Å²) in [4.78, 5) is 29.6. The molecule has 0 aromatic carbocycles. The van der Waals surface area contributed by atoms with E-state index >= 15 is 0 Å². The second kappa shape index (κ2) is 7.17. The van der Waals surface area contributed by atoms with Gasteiger partial charge in [-0.1, -0.05) is 11.6 Å². The Labute approximate surface area is 127 Å². The standard InChI is InChI=1S/C14H16ClFN2O3/c1-5-21-14(20)10(7-18(3)4)12(19)9-6-11(16)13(15)17-8(9)2/h6-7H,5H2,1-4H3/b10-7-. The number of hydrogen-bond acceptors (Lipinski definition) is 5. The molecule has 0 unspecified atom stereocenters. The Hall–Kier alpha value is -1.95. The molecule has 0 radical (unpaired) electrons. The molecule has 0 fully saturated rings. The lowest BCUT2D eigenvalue weighted by Gasteiger charge is -2.12. The summed E-state index contributed by atoms with van der Waals surface area (Å²) >= 11 is 5.55. The van der Waals surface area contributed by atoms with Crippen LogP contribution in [0.1, 0.15) is 23.0 Å². The van der Waals surface area contributed by atoms with Crippen LogP contribution in [0, 0.1) is 12.7 Å². The number of carbonyl (C=O) groups is 2. The van der Waals surface area contributed by atoms with Crippen molar-refractivity contribution in [2.75, 3.05) is 20.7 Å². The van der Waals surface area contributed by atoms with Crippen LogP contribution in [0.4, 0.5) is 4.39 Å². The molecule has 0 N–H and O–H groups in total. The molecule has 0 aliphatic rings. The van der Waals surface area contributed by atoms with Crippen molar-refractivity contribution in [3.63, 3.8) is 0 Å². The number of hydrogen-bond donors (Lipinski definition) is 0. The van der Waals surface area contributed by atoms with Crippen LogP contribution in [-0.2, 0) is 9.53 Å². The third-order valence-electron chi connectivity index (χ3n) is 2.50. The van der Waals surface area contributed by atoms with Gasteiger partial charge in [-0.25, -0.2) is 14.2 Å².